The average molecular weight is 351 g/mol. The summed E-state index contributed by atoms with van der Waals surface area (Å²) in [6.07, 6.45) is 0. The lowest BCUT2D eigenvalue weighted by molar-refractivity contribution is -0.384. The Kier molecular flexibility index (Phi) is 5.51. The van der Waals surface area contributed by atoms with Gasteiger partial charge >= 0.3 is 0 Å². The number of ether oxygens (including phenoxy) is 1. The van der Waals surface area contributed by atoms with E-state index in [0.29, 0.717) is 24.6 Å². The van der Waals surface area contributed by atoms with Gasteiger partial charge in [0.25, 0.3) is 11.6 Å². The first-order chi connectivity index (χ1) is 11.2. The fourth-order valence-corrected chi connectivity index (χ4v) is 3.12. The number of carbonyl (C=O) groups excluding carboxylic acids is 1. The summed E-state index contributed by atoms with van der Waals surface area (Å²) in [5.41, 5.74) is 0.250. The zero-order chi connectivity index (χ0) is 17.9. The molecule has 1 aromatic carbocycles. The molecule has 0 fully saturated rings. The third kappa shape index (κ3) is 4.07. The molecule has 0 saturated carbocycles. The molecule has 2 aromatic rings. The van der Waals surface area contributed by atoms with Crippen molar-refractivity contribution in [1.29, 1.82) is 0 Å². The maximum Gasteiger partial charge on any atom is 0.270 e. The number of fused-ring (bicyclic) bond motifs is 1. The van der Waals surface area contributed by atoms with E-state index in [1.165, 1.54) is 23.5 Å². The van der Waals surface area contributed by atoms with Crippen molar-refractivity contribution in [2.45, 2.75) is 34.2 Å². The first kappa shape index (κ1) is 18.3. The molecule has 0 saturated heterocycles. The molecule has 0 N–H and O–H groups in total. The predicted octanol–water partition coefficient (Wildman–Crippen LogP) is 3.12. The summed E-state index contributed by atoms with van der Waals surface area (Å²) < 4.78 is 8.00. The zero-order valence-electron chi connectivity index (χ0n) is 14.2. The minimum absolute atomic E-state index is 0.0226. The number of rotatable bonds is 5. The van der Waals surface area contributed by atoms with Crippen LogP contribution in [0.5, 0.6) is 0 Å². The number of nitro benzene ring substituents is 1. The van der Waals surface area contributed by atoms with E-state index in [2.05, 4.69) is 4.99 Å². The smallest absolute Gasteiger partial charge is 0.270 e. The first-order valence-corrected chi connectivity index (χ1v) is 8.50. The van der Waals surface area contributed by atoms with E-state index in [1.54, 1.807) is 6.07 Å². The number of nitro groups is 1. The second kappa shape index (κ2) is 7.23. The van der Waals surface area contributed by atoms with Gasteiger partial charge in [-0.05, 0) is 13.0 Å². The normalized spacial score (nSPS) is 12.8. The molecule has 0 atom stereocenters. The molecule has 7 nitrogen and oxygen atoms in total. The van der Waals surface area contributed by atoms with Crippen LogP contribution < -0.4 is 4.80 Å². The van der Waals surface area contributed by atoms with Crippen molar-refractivity contribution in [3.8, 4) is 0 Å². The minimum atomic E-state index is -0.583. The molecule has 24 heavy (non-hydrogen) atoms. The fraction of sp³-hybridized carbons (Fsp3) is 0.500. The maximum atomic E-state index is 12.3. The van der Waals surface area contributed by atoms with Gasteiger partial charge in [0.15, 0.2) is 4.80 Å². The molecule has 1 heterocycles. The third-order valence-corrected chi connectivity index (χ3v) is 4.42. The number of carbonyl (C=O) groups is 1. The summed E-state index contributed by atoms with van der Waals surface area (Å²) in [5, 5.41) is 11.0. The number of non-ortho nitro benzene ring substituents is 1. The summed E-state index contributed by atoms with van der Waals surface area (Å²) in [6, 6.07) is 4.66. The van der Waals surface area contributed by atoms with Crippen LogP contribution in [0.4, 0.5) is 5.69 Å². The molecule has 1 amide bonds. The van der Waals surface area contributed by atoms with E-state index in [1.807, 2.05) is 32.3 Å². The number of benzene rings is 1. The number of nitrogens with zero attached hydrogens (tertiary/aromatic N) is 3. The standard InChI is InChI=1S/C16H21N3O4S/c1-5-23-9-8-18-12-7-6-11(19(21)22)10-13(12)24-15(18)17-14(20)16(2,3)4/h6-7,10H,5,8-9H2,1-4H3. The van der Waals surface area contributed by atoms with Crippen LogP contribution in [0, 0.1) is 15.5 Å². The number of aromatic nitrogens is 1. The third-order valence-electron chi connectivity index (χ3n) is 3.38. The van der Waals surface area contributed by atoms with Gasteiger partial charge in [0.05, 0.1) is 21.7 Å². The van der Waals surface area contributed by atoms with Crippen molar-refractivity contribution in [3.63, 3.8) is 0 Å². The van der Waals surface area contributed by atoms with Gasteiger partial charge in [-0.3, -0.25) is 14.9 Å². The van der Waals surface area contributed by atoms with E-state index in [4.69, 9.17) is 4.74 Å². The van der Waals surface area contributed by atoms with Crippen molar-refractivity contribution in [2.75, 3.05) is 13.2 Å². The molecular weight excluding hydrogens is 330 g/mol. The topological polar surface area (TPSA) is 86.7 Å². The van der Waals surface area contributed by atoms with E-state index in [9.17, 15) is 14.9 Å². The molecule has 0 spiro atoms. The summed E-state index contributed by atoms with van der Waals surface area (Å²) in [7, 11) is 0. The number of hydrogen-bond acceptors (Lipinski definition) is 5. The SMILES string of the molecule is CCOCCn1c(=NC(=O)C(C)(C)C)sc2cc([N+](=O)[O-])ccc21. The molecule has 2 rings (SSSR count). The second-order valence-electron chi connectivity index (χ2n) is 6.31. The van der Waals surface area contributed by atoms with Gasteiger partial charge in [0.1, 0.15) is 0 Å². The monoisotopic (exact) mass is 351 g/mol. The van der Waals surface area contributed by atoms with Crippen molar-refractivity contribution >= 4 is 33.1 Å². The summed E-state index contributed by atoms with van der Waals surface area (Å²) in [4.78, 5) is 27.6. The van der Waals surface area contributed by atoms with Crippen molar-refractivity contribution in [1.82, 2.24) is 4.57 Å². The molecule has 0 bridgehead atoms. The minimum Gasteiger partial charge on any atom is -0.380 e. The number of amides is 1. The van der Waals surface area contributed by atoms with Crippen LogP contribution in [0.3, 0.4) is 0 Å². The zero-order valence-corrected chi connectivity index (χ0v) is 15.1. The molecule has 0 aliphatic heterocycles. The van der Waals surface area contributed by atoms with Crippen LogP contribution >= 0.6 is 11.3 Å². The quantitative estimate of drug-likeness (QED) is 0.470. The summed E-state index contributed by atoms with van der Waals surface area (Å²) in [5.74, 6) is -0.228. The molecule has 0 radical (unpaired) electrons. The van der Waals surface area contributed by atoms with Crippen LogP contribution in [0.1, 0.15) is 27.7 Å². The Labute approximate surface area is 143 Å². The van der Waals surface area contributed by atoms with E-state index in [0.717, 1.165) is 10.2 Å². The van der Waals surface area contributed by atoms with E-state index < -0.39 is 10.3 Å². The van der Waals surface area contributed by atoms with E-state index in [-0.39, 0.29) is 11.6 Å². The second-order valence-corrected chi connectivity index (χ2v) is 7.32. The Morgan fingerprint density at radius 2 is 2.12 bits per heavy atom. The van der Waals surface area contributed by atoms with Crippen LogP contribution in [0.15, 0.2) is 23.2 Å². The van der Waals surface area contributed by atoms with Gasteiger partial charge in [0, 0.05) is 30.7 Å². The lowest BCUT2D eigenvalue weighted by atomic mass is 9.96. The Morgan fingerprint density at radius 3 is 2.71 bits per heavy atom. The van der Waals surface area contributed by atoms with E-state index >= 15 is 0 Å². The molecular formula is C16H21N3O4S. The Hall–Kier alpha value is -2.06. The largest absolute Gasteiger partial charge is 0.380 e. The first-order valence-electron chi connectivity index (χ1n) is 7.68. The highest BCUT2D eigenvalue weighted by Gasteiger charge is 2.21. The molecule has 0 aliphatic rings. The molecule has 0 aliphatic carbocycles. The van der Waals surface area contributed by atoms with Gasteiger partial charge < -0.3 is 9.30 Å². The molecule has 130 valence electrons. The van der Waals surface area contributed by atoms with Gasteiger partial charge in [-0.1, -0.05) is 32.1 Å². The predicted molar refractivity (Wildman–Crippen MR) is 93.0 cm³/mol. The van der Waals surface area contributed by atoms with Crippen LogP contribution in [0.2, 0.25) is 0 Å². The highest BCUT2D eigenvalue weighted by Crippen LogP contribution is 2.23. The number of thiazole rings is 1. The maximum absolute atomic E-state index is 12.3. The van der Waals surface area contributed by atoms with Crippen LogP contribution in [-0.2, 0) is 16.1 Å². The van der Waals surface area contributed by atoms with Crippen LogP contribution in [0.25, 0.3) is 10.2 Å². The van der Waals surface area contributed by atoms with Gasteiger partial charge in [-0.25, -0.2) is 0 Å². The van der Waals surface area contributed by atoms with Crippen molar-refractivity contribution in [3.05, 3.63) is 33.1 Å². The van der Waals surface area contributed by atoms with Crippen molar-refractivity contribution in [2.24, 2.45) is 10.4 Å². The van der Waals surface area contributed by atoms with Gasteiger partial charge in [-0.15, -0.1) is 0 Å². The molecule has 0 unspecified atom stereocenters. The van der Waals surface area contributed by atoms with Gasteiger partial charge in [0.2, 0.25) is 0 Å². The summed E-state index contributed by atoms with van der Waals surface area (Å²) in [6.45, 7) is 8.94. The molecule has 1 aromatic heterocycles. The summed E-state index contributed by atoms with van der Waals surface area (Å²) >= 11 is 1.27. The van der Waals surface area contributed by atoms with Crippen LogP contribution in [-0.4, -0.2) is 28.6 Å². The average Bonchev–Trinajstić information content (AvgIpc) is 2.83. The van der Waals surface area contributed by atoms with Crippen molar-refractivity contribution < 1.29 is 14.5 Å². The fourth-order valence-electron chi connectivity index (χ4n) is 2.03. The highest BCUT2D eigenvalue weighted by molar-refractivity contribution is 7.16. The Balaban J connectivity index is 2.58. The highest BCUT2D eigenvalue weighted by atomic mass is 32.1. The Bertz CT molecular complexity index is 830. The number of hydrogen-bond donors (Lipinski definition) is 0. The van der Waals surface area contributed by atoms with Gasteiger partial charge in [-0.2, -0.15) is 4.99 Å². The lowest BCUT2D eigenvalue weighted by Gasteiger charge is -2.12. The lowest BCUT2D eigenvalue weighted by Crippen LogP contribution is -2.24. The Morgan fingerprint density at radius 1 is 1.42 bits per heavy atom. The molecule has 8 heteroatoms.